The molecule has 0 heterocycles. The fourth-order valence-electron chi connectivity index (χ4n) is 3.48. The smallest absolute Gasteiger partial charge is 0.308 e. The van der Waals surface area contributed by atoms with Crippen LogP contribution in [0.1, 0.15) is 29.2 Å². The molecule has 1 aliphatic rings. The van der Waals surface area contributed by atoms with Gasteiger partial charge in [-0.25, -0.2) is 0 Å². The van der Waals surface area contributed by atoms with Gasteiger partial charge in [-0.05, 0) is 39.9 Å². The van der Waals surface area contributed by atoms with Crippen molar-refractivity contribution in [3.05, 3.63) is 82.9 Å². The van der Waals surface area contributed by atoms with Crippen LogP contribution in [0.5, 0.6) is 11.5 Å². The van der Waals surface area contributed by atoms with Crippen molar-refractivity contribution in [2.24, 2.45) is 0 Å². The lowest BCUT2D eigenvalue weighted by atomic mass is 9.97. The second-order valence-electron chi connectivity index (χ2n) is 6.35. The van der Waals surface area contributed by atoms with Crippen LogP contribution >= 0.6 is 0 Å². The SMILES string of the molecule is CC(=O)Oc1c(Cc2ccc(O)cc2)ccc2c1Cc1ccccc1-2. The van der Waals surface area contributed by atoms with Crippen molar-refractivity contribution in [3.8, 4) is 22.6 Å². The second-order valence-corrected chi connectivity index (χ2v) is 6.35. The van der Waals surface area contributed by atoms with Gasteiger partial charge in [-0.15, -0.1) is 0 Å². The van der Waals surface area contributed by atoms with E-state index in [0.29, 0.717) is 12.2 Å². The van der Waals surface area contributed by atoms with E-state index in [1.807, 2.05) is 30.3 Å². The molecule has 0 bridgehead atoms. The predicted octanol–water partition coefficient (Wildman–Crippen LogP) is 4.48. The van der Waals surface area contributed by atoms with Gasteiger partial charge in [0.1, 0.15) is 11.5 Å². The highest BCUT2D eigenvalue weighted by molar-refractivity contribution is 5.81. The Morgan fingerprint density at radius 1 is 1.00 bits per heavy atom. The van der Waals surface area contributed by atoms with E-state index in [2.05, 4.69) is 18.2 Å². The normalized spacial score (nSPS) is 11.7. The number of hydrogen-bond donors (Lipinski definition) is 1. The zero-order valence-electron chi connectivity index (χ0n) is 14.0. The Kier molecular flexibility index (Phi) is 3.77. The first-order valence-electron chi connectivity index (χ1n) is 8.31. The maximum absolute atomic E-state index is 11.7. The fourth-order valence-corrected chi connectivity index (χ4v) is 3.48. The topological polar surface area (TPSA) is 46.5 Å². The molecule has 0 spiro atoms. The summed E-state index contributed by atoms with van der Waals surface area (Å²) in [7, 11) is 0. The molecular formula is C22H18O3. The van der Waals surface area contributed by atoms with Crippen molar-refractivity contribution in [1.82, 2.24) is 0 Å². The Morgan fingerprint density at radius 2 is 1.76 bits per heavy atom. The average Bonchev–Trinajstić information content (AvgIpc) is 2.97. The van der Waals surface area contributed by atoms with Gasteiger partial charge in [0.25, 0.3) is 0 Å². The van der Waals surface area contributed by atoms with Crippen molar-refractivity contribution < 1.29 is 14.6 Å². The van der Waals surface area contributed by atoms with E-state index in [0.717, 1.165) is 28.7 Å². The molecule has 0 saturated carbocycles. The quantitative estimate of drug-likeness (QED) is 0.445. The summed E-state index contributed by atoms with van der Waals surface area (Å²) in [5.74, 6) is 0.610. The van der Waals surface area contributed by atoms with Crippen LogP contribution in [0.15, 0.2) is 60.7 Å². The van der Waals surface area contributed by atoms with Gasteiger partial charge in [0.05, 0.1) is 0 Å². The summed E-state index contributed by atoms with van der Waals surface area (Å²) in [5.41, 5.74) is 6.72. The number of benzene rings is 3. The first kappa shape index (κ1) is 15.5. The summed E-state index contributed by atoms with van der Waals surface area (Å²) in [4.78, 5) is 11.7. The fraction of sp³-hybridized carbons (Fsp3) is 0.136. The zero-order valence-corrected chi connectivity index (χ0v) is 14.0. The number of carbonyl (C=O) groups excluding carboxylic acids is 1. The second kappa shape index (κ2) is 6.10. The first-order valence-corrected chi connectivity index (χ1v) is 8.31. The number of hydrogen-bond acceptors (Lipinski definition) is 3. The minimum atomic E-state index is -0.309. The van der Waals surface area contributed by atoms with E-state index in [4.69, 9.17) is 4.74 Å². The molecule has 0 fully saturated rings. The van der Waals surface area contributed by atoms with Crippen LogP contribution in [0.2, 0.25) is 0 Å². The molecule has 3 aromatic rings. The Hall–Kier alpha value is -3.07. The van der Waals surface area contributed by atoms with Gasteiger partial charge in [0.2, 0.25) is 0 Å². The molecule has 1 aliphatic carbocycles. The molecule has 3 heteroatoms. The highest BCUT2D eigenvalue weighted by Gasteiger charge is 2.24. The number of fused-ring (bicyclic) bond motifs is 3. The van der Waals surface area contributed by atoms with E-state index >= 15 is 0 Å². The summed E-state index contributed by atoms with van der Waals surface area (Å²) < 4.78 is 5.63. The molecule has 1 N–H and O–H groups in total. The Bertz CT molecular complexity index is 956. The predicted molar refractivity (Wildman–Crippen MR) is 96.9 cm³/mol. The van der Waals surface area contributed by atoms with Crippen LogP contribution in [-0.2, 0) is 17.6 Å². The Labute approximate surface area is 146 Å². The van der Waals surface area contributed by atoms with E-state index in [-0.39, 0.29) is 11.7 Å². The number of carbonyl (C=O) groups is 1. The summed E-state index contributed by atoms with van der Waals surface area (Å²) >= 11 is 0. The third-order valence-electron chi connectivity index (χ3n) is 4.59. The van der Waals surface area contributed by atoms with Crippen molar-refractivity contribution in [1.29, 1.82) is 0 Å². The first-order chi connectivity index (χ1) is 12.1. The van der Waals surface area contributed by atoms with E-state index in [9.17, 15) is 9.90 Å². The molecule has 0 aromatic heterocycles. The van der Waals surface area contributed by atoms with E-state index in [1.165, 1.54) is 18.1 Å². The Balaban J connectivity index is 1.79. The van der Waals surface area contributed by atoms with Crippen LogP contribution < -0.4 is 4.74 Å². The standard InChI is InChI=1S/C22H18O3/c1-14(23)25-22-17(12-15-6-9-18(24)10-7-15)8-11-20-19-5-3-2-4-16(19)13-21(20)22/h2-11,24H,12-13H2,1H3. The highest BCUT2D eigenvalue weighted by atomic mass is 16.5. The molecule has 124 valence electrons. The summed E-state index contributed by atoms with van der Waals surface area (Å²) in [6, 6.07) is 19.6. The van der Waals surface area contributed by atoms with Gasteiger partial charge in [0, 0.05) is 25.3 Å². The summed E-state index contributed by atoms with van der Waals surface area (Å²) in [6.07, 6.45) is 1.42. The molecular weight excluding hydrogens is 312 g/mol. The van der Waals surface area contributed by atoms with Crippen molar-refractivity contribution in [2.45, 2.75) is 19.8 Å². The van der Waals surface area contributed by atoms with Crippen molar-refractivity contribution >= 4 is 5.97 Å². The lowest BCUT2D eigenvalue weighted by molar-refractivity contribution is -0.131. The van der Waals surface area contributed by atoms with Crippen LogP contribution in [0.25, 0.3) is 11.1 Å². The molecule has 3 aromatic carbocycles. The molecule has 0 saturated heterocycles. The summed E-state index contributed by atoms with van der Waals surface area (Å²) in [5, 5.41) is 9.45. The number of ether oxygens (including phenoxy) is 1. The van der Waals surface area contributed by atoms with Gasteiger partial charge >= 0.3 is 5.97 Å². The molecule has 0 radical (unpaired) electrons. The lowest BCUT2D eigenvalue weighted by Gasteiger charge is -2.14. The number of aromatic hydroxyl groups is 1. The molecule has 4 rings (SSSR count). The summed E-state index contributed by atoms with van der Waals surface area (Å²) in [6.45, 7) is 1.44. The molecule has 25 heavy (non-hydrogen) atoms. The Morgan fingerprint density at radius 3 is 2.52 bits per heavy atom. The highest BCUT2D eigenvalue weighted by Crippen LogP contribution is 2.43. The average molecular weight is 330 g/mol. The largest absolute Gasteiger partial charge is 0.508 e. The zero-order chi connectivity index (χ0) is 17.4. The van der Waals surface area contributed by atoms with Gasteiger partial charge in [-0.3, -0.25) is 4.79 Å². The number of rotatable bonds is 3. The van der Waals surface area contributed by atoms with Crippen LogP contribution in [-0.4, -0.2) is 11.1 Å². The molecule has 0 atom stereocenters. The minimum absolute atomic E-state index is 0.244. The number of esters is 1. The third-order valence-corrected chi connectivity index (χ3v) is 4.59. The maximum atomic E-state index is 11.7. The minimum Gasteiger partial charge on any atom is -0.508 e. The van der Waals surface area contributed by atoms with Gasteiger partial charge in [-0.2, -0.15) is 0 Å². The van der Waals surface area contributed by atoms with Crippen LogP contribution in [0.3, 0.4) is 0 Å². The molecule has 3 nitrogen and oxygen atoms in total. The molecule has 0 aliphatic heterocycles. The van der Waals surface area contributed by atoms with E-state index < -0.39 is 0 Å². The number of phenols is 1. The lowest BCUT2D eigenvalue weighted by Crippen LogP contribution is -2.07. The number of phenolic OH excluding ortho intramolecular Hbond substituents is 1. The van der Waals surface area contributed by atoms with Gasteiger partial charge in [0.15, 0.2) is 0 Å². The van der Waals surface area contributed by atoms with Crippen molar-refractivity contribution in [2.75, 3.05) is 0 Å². The van der Waals surface area contributed by atoms with Gasteiger partial charge in [-0.1, -0.05) is 48.5 Å². The van der Waals surface area contributed by atoms with Crippen LogP contribution in [0, 0.1) is 0 Å². The van der Waals surface area contributed by atoms with Crippen LogP contribution in [0.4, 0.5) is 0 Å². The van der Waals surface area contributed by atoms with E-state index in [1.54, 1.807) is 12.1 Å². The molecule has 0 amide bonds. The third kappa shape index (κ3) is 2.89. The van der Waals surface area contributed by atoms with Gasteiger partial charge < -0.3 is 9.84 Å². The maximum Gasteiger partial charge on any atom is 0.308 e. The molecule has 0 unspecified atom stereocenters. The van der Waals surface area contributed by atoms with Crippen molar-refractivity contribution in [3.63, 3.8) is 0 Å². The monoisotopic (exact) mass is 330 g/mol.